The van der Waals surface area contributed by atoms with Crippen LogP contribution in [0.15, 0.2) is 30.3 Å². The van der Waals surface area contributed by atoms with Crippen molar-refractivity contribution < 1.29 is 5.11 Å². The molecule has 3 nitrogen and oxygen atoms in total. The number of benzene rings is 1. The Labute approximate surface area is 110 Å². The van der Waals surface area contributed by atoms with Crippen LogP contribution in [-0.4, -0.2) is 48.3 Å². The van der Waals surface area contributed by atoms with Crippen molar-refractivity contribution >= 4 is 0 Å². The fraction of sp³-hybridized carbons (Fsp3) is 0.600. The quantitative estimate of drug-likeness (QED) is 0.824. The highest BCUT2D eigenvalue weighted by molar-refractivity contribution is 5.15. The van der Waals surface area contributed by atoms with E-state index in [9.17, 15) is 5.11 Å². The summed E-state index contributed by atoms with van der Waals surface area (Å²) in [5.41, 5.74) is 1.27. The Kier molecular flexibility index (Phi) is 4.75. The minimum Gasteiger partial charge on any atom is -0.394 e. The summed E-state index contributed by atoms with van der Waals surface area (Å²) in [6.45, 7) is 6.54. The van der Waals surface area contributed by atoms with Gasteiger partial charge < -0.3 is 10.4 Å². The van der Waals surface area contributed by atoms with Gasteiger partial charge in [-0.05, 0) is 25.3 Å². The Balaban J connectivity index is 1.94. The first kappa shape index (κ1) is 13.5. The zero-order valence-corrected chi connectivity index (χ0v) is 11.2. The molecule has 1 fully saturated rings. The summed E-state index contributed by atoms with van der Waals surface area (Å²) in [5, 5.41) is 13.1. The molecule has 1 atom stereocenters. The number of aryl methyl sites for hydroxylation is 1. The first-order valence-corrected chi connectivity index (χ1v) is 6.85. The molecule has 0 saturated carbocycles. The molecule has 0 bridgehead atoms. The van der Waals surface area contributed by atoms with Crippen LogP contribution in [0.1, 0.15) is 18.9 Å². The Morgan fingerprint density at radius 3 is 2.50 bits per heavy atom. The zero-order chi connectivity index (χ0) is 12.8. The van der Waals surface area contributed by atoms with Gasteiger partial charge in [0.2, 0.25) is 0 Å². The average molecular weight is 248 g/mol. The summed E-state index contributed by atoms with van der Waals surface area (Å²) in [6.07, 6.45) is 2.04. The molecule has 1 unspecified atom stereocenters. The van der Waals surface area contributed by atoms with Crippen LogP contribution < -0.4 is 5.32 Å². The van der Waals surface area contributed by atoms with E-state index in [2.05, 4.69) is 41.4 Å². The fourth-order valence-electron chi connectivity index (χ4n) is 2.60. The van der Waals surface area contributed by atoms with Crippen LogP contribution in [0.3, 0.4) is 0 Å². The molecule has 0 aliphatic carbocycles. The molecule has 0 aromatic heterocycles. The minimum absolute atomic E-state index is 0.0854. The lowest BCUT2D eigenvalue weighted by Gasteiger charge is -2.42. The molecule has 1 aromatic carbocycles. The van der Waals surface area contributed by atoms with Crippen molar-refractivity contribution in [3.8, 4) is 0 Å². The van der Waals surface area contributed by atoms with E-state index >= 15 is 0 Å². The lowest BCUT2D eigenvalue weighted by atomic mass is 9.91. The zero-order valence-electron chi connectivity index (χ0n) is 11.2. The van der Waals surface area contributed by atoms with Gasteiger partial charge in [-0.2, -0.15) is 0 Å². The summed E-state index contributed by atoms with van der Waals surface area (Å²) in [7, 11) is 0. The molecular formula is C15H24N2O. The molecule has 1 aliphatic rings. The van der Waals surface area contributed by atoms with Gasteiger partial charge in [0.15, 0.2) is 0 Å². The fourth-order valence-corrected chi connectivity index (χ4v) is 2.60. The van der Waals surface area contributed by atoms with Gasteiger partial charge in [0, 0.05) is 31.7 Å². The van der Waals surface area contributed by atoms with E-state index in [1.165, 1.54) is 5.56 Å². The molecule has 1 aliphatic heterocycles. The number of nitrogens with one attached hydrogen (secondary N) is 1. The van der Waals surface area contributed by atoms with Gasteiger partial charge >= 0.3 is 0 Å². The molecule has 1 aromatic rings. The van der Waals surface area contributed by atoms with Crippen molar-refractivity contribution in [2.45, 2.75) is 25.3 Å². The van der Waals surface area contributed by atoms with Crippen molar-refractivity contribution in [2.75, 3.05) is 32.8 Å². The molecule has 2 N–H and O–H groups in total. The topological polar surface area (TPSA) is 35.5 Å². The Bertz CT molecular complexity index is 349. The van der Waals surface area contributed by atoms with Crippen LogP contribution in [0.4, 0.5) is 0 Å². The van der Waals surface area contributed by atoms with Gasteiger partial charge in [0.25, 0.3) is 0 Å². The van der Waals surface area contributed by atoms with Gasteiger partial charge in [-0.25, -0.2) is 0 Å². The SMILES string of the molecule is CC(CO)(CCc1ccccc1)N1CCNCC1. The Morgan fingerprint density at radius 2 is 1.89 bits per heavy atom. The molecule has 0 amide bonds. The highest BCUT2D eigenvalue weighted by Gasteiger charge is 2.31. The van der Waals surface area contributed by atoms with Crippen molar-refractivity contribution in [3.63, 3.8) is 0 Å². The number of hydrogen-bond acceptors (Lipinski definition) is 3. The minimum atomic E-state index is -0.0854. The number of hydrogen-bond donors (Lipinski definition) is 2. The lowest BCUT2D eigenvalue weighted by Crippen LogP contribution is -2.56. The lowest BCUT2D eigenvalue weighted by molar-refractivity contribution is 0.0278. The van der Waals surface area contributed by atoms with Crippen LogP contribution in [0.2, 0.25) is 0 Å². The first-order chi connectivity index (χ1) is 8.74. The van der Waals surface area contributed by atoms with Gasteiger partial charge in [0.1, 0.15) is 0 Å². The van der Waals surface area contributed by atoms with Crippen molar-refractivity contribution in [2.24, 2.45) is 0 Å². The number of aliphatic hydroxyl groups excluding tert-OH is 1. The first-order valence-electron chi connectivity index (χ1n) is 6.85. The van der Waals surface area contributed by atoms with Crippen molar-refractivity contribution in [1.29, 1.82) is 0 Å². The standard InChI is InChI=1S/C15H24N2O/c1-15(13-18,17-11-9-16-10-12-17)8-7-14-5-3-2-4-6-14/h2-6,16,18H,7-13H2,1H3. The third-order valence-electron chi connectivity index (χ3n) is 4.02. The number of nitrogens with zero attached hydrogens (tertiary/aromatic N) is 1. The Hall–Kier alpha value is -0.900. The van der Waals surface area contributed by atoms with E-state index in [0.717, 1.165) is 39.0 Å². The van der Waals surface area contributed by atoms with Gasteiger partial charge in [0.05, 0.1) is 6.61 Å². The largest absolute Gasteiger partial charge is 0.394 e. The summed E-state index contributed by atoms with van der Waals surface area (Å²) < 4.78 is 0. The Morgan fingerprint density at radius 1 is 1.22 bits per heavy atom. The molecule has 1 saturated heterocycles. The molecular weight excluding hydrogens is 224 g/mol. The monoisotopic (exact) mass is 248 g/mol. The van der Waals surface area contributed by atoms with Crippen LogP contribution in [-0.2, 0) is 6.42 Å². The van der Waals surface area contributed by atoms with E-state index in [4.69, 9.17) is 0 Å². The maximum atomic E-state index is 9.75. The molecule has 18 heavy (non-hydrogen) atoms. The van der Waals surface area contributed by atoms with Crippen LogP contribution >= 0.6 is 0 Å². The molecule has 0 spiro atoms. The summed E-state index contributed by atoms with van der Waals surface area (Å²) in [5.74, 6) is 0. The molecule has 1 heterocycles. The van der Waals surface area contributed by atoms with Crippen LogP contribution in [0.5, 0.6) is 0 Å². The van der Waals surface area contributed by atoms with Crippen molar-refractivity contribution in [1.82, 2.24) is 10.2 Å². The van der Waals surface area contributed by atoms with Gasteiger partial charge in [-0.1, -0.05) is 30.3 Å². The summed E-state index contributed by atoms with van der Waals surface area (Å²) in [4.78, 5) is 2.42. The molecule has 3 heteroatoms. The number of piperazine rings is 1. The predicted octanol–water partition coefficient (Wildman–Crippen LogP) is 1.28. The highest BCUT2D eigenvalue weighted by atomic mass is 16.3. The molecule has 100 valence electrons. The molecule has 2 rings (SSSR count). The maximum Gasteiger partial charge on any atom is 0.0612 e. The summed E-state index contributed by atoms with van der Waals surface area (Å²) in [6, 6.07) is 10.5. The number of aliphatic hydroxyl groups is 1. The highest BCUT2D eigenvalue weighted by Crippen LogP contribution is 2.22. The van der Waals surface area contributed by atoms with Crippen LogP contribution in [0.25, 0.3) is 0 Å². The third kappa shape index (κ3) is 3.31. The van der Waals surface area contributed by atoms with E-state index in [1.54, 1.807) is 0 Å². The predicted molar refractivity (Wildman–Crippen MR) is 74.7 cm³/mol. The third-order valence-corrected chi connectivity index (χ3v) is 4.02. The average Bonchev–Trinajstić information content (AvgIpc) is 2.47. The van der Waals surface area contributed by atoms with Crippen LogP contribution in [0, 0.1) is 0 Å². The molecule has 0 radical (unpaired) electrons. The smallest absolute Gasteiger partial charge is 0.0612 e. The van der Waals surface area contributed by atoms with Crippen molar-refractivity contribution in [3.05, 3.63) is 35.9 Å². The van der Waals surface area contributed by atoms with Gasteiger partial charge in [-0.15, -0.1) is 0 Å². The van der Waals surface area contributed by atoms with E-state index in [1.807, 2.05) is 6.07 Å². The van der Waals surface area contributed by atoms with E-state index in [0.29, 0.717) is 0 Å². The maximum absolute atomic E-state index is 9.75. The summed E-state index contributed by atoms with van der Waals surface area (Å²) >= 11 is 0. The number of rotatable bonds is 5. The second-order valence-corrected chi connectivity index (χ2v) is 5.38. The normalized spacial score (nSPS) is 20.6. The second-order valence-electron chi connectivity index (χ2n) is 5.38. The van der Waals surface area contributed by atoms with E-state index < -0.39 is 0 Å². The second kappa shape index (κ2) is 6.32. The van der Waals surface area contributed by atoms with Gasteiger partial charge in [-0.3, -0.25) is 4.90 Å². The van der Waals surface area contributed by atoms with E-state index in [-0.39, 0.29) is 12.1 Å².